The highest BCUT2D eigenvalue weighted by Crippen LogP contribution is 2.65. The molecule has 3 aromatic rings. The summed E-state index contributed by atoms with van der Waals surface area (Å²) < 4.78 is 5.97. The number of rotatable bonds is 4. The molecule has 6 atom stereocenters. The molecule has 6 nitrogen and oxygen atoms in total. The second-order valence-electron chi connectivity index (χ2n) is 13.5. The third-order valence-electron chi connectivity index (χ3n) is 11.5. The summed E-state index contributed by atoms with van der Waals surface area (Å²) in [6.45, 7) is 6.72. The molecule has 42 heavy (non-hydrogen) atoms. The Morgan fingerprint density at radius 2 is 1.79 bits per heavy atom. The second-order valence-corrected chi connectivity index (χ2v) is 13.5. The maximum atomic E-state index is 13.2. The fourth-order valence-corrected chi connectivity index (χ4v) is 9.15. The molecule has 0 bridgehead atoms. The highest BCUT2D eigenvalue weighted by molar-refractivity contribution is 6.06. The Kier molecular flexibility index (Phi) is 6.71. The van der Waals surface area contributed by atoms with Crippen LogP contribution >= 0.6 is 0 Å². The number of carbonyl (C=O) groups excluding carboxylic acids is 2. The number of nitrogens with zero attached hydrogens (tertiary/aromatic N) is 2. The second kappa shape index (κ2) is 10.3. The molecule has 0 spiro atoms. The van der Waals surface area contributed by atoms with E-state index in [1.165, 1.54) is 18.4 Å². The quantitative estimate of drug-likeness (QED) is 0.138. The molecule has 0 saturated heterocycles. The fourth-order valence-electron chi connectivity index (χ4n) is 9.15. The number of hydrogen-bond acceptors (Lipinski definition) is 6. The van der Waals surface area contributed by atoms with Crippen molar-refractivity contribution in [1.29, 1.82) is 0 Å². The molecule has 1 aromatic heterocycles. The van der Waals surface area contributed by atoms with Crippen LogP contribution in [-0.4, -0.2) is 28.7 Å². The summed E-state index contributed by atoms with van der Waals surface area (Å²) in [5.74, 6) is 1.39. The largest absolute Gasteiger partial charge is 0.462 e. The van der Waals surface area contributed by atoms with Crippen LogP contribution in [0.5, 0.6) is 0 Å². The Bertz CT molecular complexity index is 1640. The van der Waals surface area contributed by atoms with Gasteiger partial charge < -0.3 is 9.57 Å². The smallest absolute Gasteiger partial charge is 0.367 e. The summed E-state index contributed by atoms with van der Waals surface area (Å²) in [5.41, 5.74) is 4.47. The average Bonchev–Trinajstić information content (AvgIpc) is 3.34. The molecule has 0 aliphatic heterocycles. The summed E-state index contributed by atoms with van der Waals surface area (Å²) in [4.78, 5) is 35.7. The molecule has 3 fully saturated rings. The lowest BCUT2D eigenvalue weighted by Crippen LogP contribution is -2.51. The topological polar surface area (TPSA) is 77.9 Å². The maximum absolute atomic E-state index is 13.2. The van der Waals surface area contributed by atoms with Gasteiger partial charge >= 0.3 is 11.9 Å². The van der Waals surface area contributed by atoms with Crippen molar-refractivity contribution in [3.63, 3.8) is 0 Å². The average molecular weight is 565 g/mol. The van der Waals surface area contributed by atoms with Gasteiger partial charge in [-0.3, -0.25) is 4.79 Å². The highest BCUT2D eigenvalue weighted by Gasteiger charge is 2.59. The van der Waals surface area contributed by atoms with Crippen LogP contribution in [-0.2, 0) is 14.4 Å². The van der Waals surface area contributed by atoms with Crippen molar-refractivity contribution >= 4 is 39.5 Å². The lowest BCUT2D eigenvalue weighted by Gasteiger charge is -2.58. The zero-order valence-electron chi connectivity index (χ0n) is 24.9. The van der Waals surface area contributed by atoms with Gasteiger partial charge in [0.15, 0.2) is 0 Å². The van der Waals surface area contributed by atoms with Gasteiger partial charge in [0.1, 0.15) is 6.10 Å². The minimum absolute atomic E-state index is 0.0603. The number of ether oxygens (including phenoxy) is 1. The molecule has 4 aliphatic rings. The number of oxime groups is 1. The van der Waals surface area contributed by atoms with E-state index in [0.29, 0.717) is 35.3 Å². The van der Waals surface area contributed by atoms with Crippen molar-refractivity contribution in [1.82, 2.24) is 4.98 Å². The zero-order valence-corrected chi connectivity index (χ0v) is 24.9. The zero-order chi connectivity index (χ0) is 29.1. The number of esters is 1. The van der Waals surface area contributed by atoms with Crippen LogP contribution in [0, 0.1) is 28.6 Å². The molecular formula is C36H40N2O4. The first-order valence-electron chi connectivity index (χ1n) is 15.8. The van der Waals surface area contributed by atoms with Crippen molar-refractivity contribution in [2.24, 2.45) is 33.7 Å². The van der Waals surface area contributed by atoms with Crippen molar-refractivity contribution in [3.05, 3.63) is 65.7 Å². The van der Waals surface area contributed by atoms with Crippen LogP contribution in [0.1, 0.15) is 88.9 Å². The minimum Gasteiger partial charge on any atom is -0.462 e. The Labute approximate surface area is 247 Å². The maximum Gasteiger partial charge on any atom is 0.367 e. The SMILES string of the molecule is CCC(=O)OC1CCC2C3CCC4=CC(=NOC(=O)c5cccc6cc7ccccc7nc56)CCC4(C)C3CCC12C. The van der Waals surface area contributed by atoms with E-state index in [0.717, 1.165) is 60.5 Å². The van der Waals surface area contributed by atoms with Crippen LogP contribution in [0.15, 0.2) is 65.3 Å². The Balaban J connectivity index is 1.09. The Hall–Kier alpha value is -3.54. The molecule has 7 rings (SSSR count). The summed E-state index contributed by atoms with van der Waals surface area (Å²) in [7, 11) is 0. The Morgan fingerprint density at radius 3 is 2.64 bits per heavy atom. The standard InChI is InChI=1S/C36H40N2O4/c1-4-32(39)41-31-15-14-28-26-13-12-24-21-25(16-18-35(24,2)29(26)17-19-36(28,31)3)38-42-34(40)27-10-7-9-23-20-22-8-5-6-11-30(22)37-33(23)27/h5-11,20-21,26,28-29,31H,4,12-19H2,1-3H3. The van der Waals surface area contributed by atoms with Crippen molar-refractivity contribution < 1.29 is 19.2 Å². The van der Waals surface area contributed by atoms with E-state index in [2.05, 4.69) is 31.1 Å². The van der Waals surface area contributed by atoms with Gasteiger partial charge in [-0.2, -0.15) is 0 Å². The molecule has 0 N–H and O–H groups in total. The minimum atomic E-state index is -0.475. The number of aromatic nitrogens is 1. The number of benzene rings is 2. The van der Waals surface area contributed by atoms with Crippen LogP contribution in [0.2, 0.25) is 0 Å². The molecule has 1 heterocycles. The van der Waals surface area contributed by atoms with Crippen LogP contribution in [0.4, 0.5) is 0 Å². The molecule has 0 amide bonds. The molecule has 4 aliphatic carbocycles. The third kappa shape index (κ3) is 4.37. The monoisotopic (exact) mass is 564 g/mol. The first kappa shape index (κ1) is 27.3. The van der Waals surface area contributed by atoms with Gasteiger partial charge in [-0.15, -0.1) is 0 Å². The first-order chi connectivity index (χ1) is 20.3. The van der Waals surface area contributed by atoms with Gasteiger partial charge in [0, 0.05) is 22.6 Å². The van der Waals surface area contributed by atoms with E-state index in [1.54, 1.807) is 6.07 Å². The van der Waals surface area contributed by atoms with Gasteiger partial charge in [-0.05, 0) is 98.8 Å². The molecule has 6 heteroatoms. The summed E-state index contributed by atoms with van der Waals surface area (Å²) in [6.07, 6.45) is 11.2. The lowest BCUT2D eigenvalue weighted by molar-refractivity contribution is -0.159. The van der Waals surface area contributed by atoms with Crippen molar-refractivity contribution in [3.8, 4) is 0 Å². The van der Waals surface area contributed by atoms with E-state index >= 15 is 0 Å². The fraction of sp³-hybridized carbons (Fsp3) is 0.500. The van der Waals surface area contributed by atoms with Gasteiger partial charge in [-0.1, -0.05) is 61.8 Å². The number of pyridine rings is 1. The van der Waals surface area contributed by atoms with Crippen molar-refractivity contribution in [2.45, 2.75) is 84.7 Å². The first-order valence-corrected chi connectivity index (χ1v) is 15.8. The van der Waals surface area contributed by atoms with E-state index in [4.69, 9.17) is 14.6 Å². The van der Waals surface area contributed by atoms with Crippen LogP contribution in [0.25, 0.3) is 21.8 Å². The van der Waals surface area contributed by atoms with E-state index in [1.807, 2.05) is 43.3 Å². The number of para-hydroxylation sites is 2. The van der Waals surface area contributed by atoms with Gasteiger partial charge in [0.25, 0.3) is 0 Å². The normalized spacial score (nSPS) is 33.0. The van der Waals surface area contributed by atoms with E-state index < -0.39 is 5.97 Å². The van der Waals surface area contributed by atoms with Crippen LogP contribution < -0.4 is 0 Å². The summed E-state index contributed by atoms with van der Waals surface area (Å²) in [6, 6.07) is 15.6. The van der Waals surface area contributed by atoms with Gasteiger partial charge in [0.05, 0.1) is 22.3 Å². The third-order valence-corrected chi connectivity index (χ3v) is 11.5. The number of allylic oxidation sites excluding steroid dienone is 2. The van der Waals surface area contributed by atoms with E-state index in [-0.39, 0.29) is 22.9 Å². The predicted molar refractivity (Wildman–Crippen MR) is 164 cm³/mol. The molecule has 6 unspecified atom stereocenters. The van der Waals surface area contributed by atoms with Crippen molar-refractivity contribution in [2.75, 3.05) is 0 Å². The van der Waals surface area contributed by atoms with Gasteiger partial charge in [-0.25, -0.2) is 9.78 Å². The molecule has 2 aromatic carbocycles. The lowest BCUT2D eigenvalue weighted by atomic mass is 9.47. The molecule has 3 saturated carbocycles. The summed E-state index contributed by atoms with van der Waals surface area (Å²) in [5, 5.41) is 6.32. The molecule has 0 radical (unpaired) electrons. The van der Waals surface area contributed by atoms with Gasteiger partial charge in [0.2, 0.25) is 0 Å². The van der Waals surface area contributed by atoms with Crippen LogP contribution in [0.3, 0.4) is 0 Å². The number of hydrogen-bond donors (Lipinski definition) is 0. The number of fused-ring (bicyclic) bond motifs is 7. The highest BCUT2D eigenvalue weighted by atomic mass is 16.7. The summed E-state index contributed by atoms with van der Waals surface area (Å²) >= 11 is 0. The molecular weight excluding hydrogens is 524 g/mol. The predicted octanol–water partition coefficient (Wildman–Crippen LogP) is 8.19. The van der Waals surface area contributed by atoms with E-state index in [9.17, 15) is 9.59 Å². The Morgan fingerprint density at radius 1 is 0.952 bits per heavy atom. The number of carbonyl (C=O) groups is 2. The molecule has 218 valence electrons.